The van der Waals surface area contributed by atoms with Crippen LogP contribution in [-0.2, 0) is 14.4 Å². The average molecular weight is 372 g/mol. The van der Waals surface area contributed by atoms with E-state index in [1.54, 1.807) is 12.1 Å². The van der Waals surface area contributed by atoms with Crippen LogP contribution < -0.4 is 10.2 Å². The van der Waals surface area contributed by atoms with E-state index in [-0.39, 0.29) is 6.54 Å². The second kappa shape index (κ2) is 8.20. The van der Waals surface area contributed by atoms with E-state index in [4.69, 9.17) is 0 Å². The molecule has 27 heavy (non-hydrogen) atoms. The van der Waals surface area contributed by atoms with Crippen molar-refractivity contribution in [2.24, 2.45) is 0 Å². The van der Waals surface area contributed by atoms with Crippen LogP contribution in [0.1, 0.15) is 32.6 Å². The highest BCUT2D eigenvalue weighted by Gasteiger charge is 2.44. The zero-order valence-corrected chi connectivity index (χ0v) is 15.4. The number of hydrogen-bond acceptors (Lipinski definition) is 5. The van der Waals surface area contributed by atoms with Crippen LogP contribution >= 0.6 is 0 Å². The van der Waals surface area contributed by atoms with Crippen molar-refractivity contribution in [1.82, 2.24) is 9.80 Å². The Balaban J connectivity index is 1.57. The molecule has 5 amide bonds. The van der Waals surface area contributed by atoms with Gasteiger partial charge in [-0.2, -0.15) is 0 Å². The van der Waals surface area contributed by atoms with E-state index in [9.17, 15) is 19.2 Å². The number of anilines is 2. The van der Waals surface area contributed by atoms with Crippen LogP contribution in [0.5, 0.6) is 0 Å². The van der Waals surface area contributed by atoms with Gasteiger partial charge in [0.1, 0.15) is 6.54 Å². The van der Waals surface area contributed by atoms with E-state index < -0.39 is 30.3 Å². The Kier molecular flexibility index (Phi) is 5.73. The summed E-state index contributed by atoms with van der Waals surface area (Å²) in [6, 6.07) is 6.72. The number of carbonyl (C=O) groups excluding carboxylic acids is 4. The van der Waals surface area contributed by atoms with Crippen LogP contribution in [0.3, 0.4) is 0 Å². The number of rotatable bonds is 7. The number of nitrogens with one attached hydrogen (secondary N) is 1. The van der Waals surface area contributed by atoms with E-state index in [0.29, 0.717) is 17.0 Å². The Morgan fingerprint density at radius 1 is 1.00 bits per heavy atom. The molecule has 8 heteroatoms. The number of amides is 5. The third-order valence-corrected chi connectivity index (χ3v) is 4.79. The van der Waals surface area contributed by atoms with Crippen LogP contribution in [-0.4, -0.2) is 59.7 Å². The smallest absolute Gasteiger partial charge is 0.334 e. The maximum absolute atomic E-state index is 12.2. The molecule has 3 rings (SSSR count). The van der Waals surface area contributed by atoms with Gasteiger partial charge in [-0.15, -0.1) is 0 Å². The molecule has 0 bridgehead atoms. The van der Waals surface area contributed by atoms with Crippen molar-refractivity contribution < 1.29 is 19.2 Å². The van der Waals surface area contributed by atoms with Gasteiger partial charge in [0.2, 0.25) is 5.91 Å². The average Bonchev–Trinajstić information content (AvgIpc) is 3.26. The predicted molar refractivity (Wildman–Crippen MR) is 100 cm³/mol. The molecule has 1 N–H and O–H groups in total. The Bertz CT molecular complexity index is 741. The Morgan fingerprint density at radius 2 is 1.63 bits per heavy atom. The van der Waals surface area contributed by atoms with E-state index in [0.717, 1.165) is 30.1 Å². The Labute approximate surface area is 158 Å². The lowest BCUT2D eigenvalue weighted by Gasteiger charge is -2.18. The third-order valence-electron chi connectivity index (χ3n) is 4.79. The molecule has 2 aliphatic rings. The molecule has 2 heterocycles. The lowest BCUT2D eigenvalue weighted by molar-refractivity contribution is -0.143. The van der Waals surface area contributed by atoms with Gasteiger partial charge in [-0.25, -0.2) is 9.69 Å². The number of benzene rings is 1. The monoisotopic (exact) mass is 372 g/mol. The van der Waals surface area contributed by atoms with Gasteiger partial charge < -0.3 is 10.2 Å². The Morgan fingerprint density at radius 3 is 2.26 bits per heavy atom. The van der Waals surface area contributed by atoms with Crippen LogP contribution in [0.25, 0.3) is 0 Å². The highest BCUT2D eigenvalue weighted by molar-refractivity contribution is 6.45. The SMILES string of the molecule is CCCCN1C(=O)C(=O)N(CC(=O)Nc2ccc(N3CCCC3)cc2)C1=O. The number of urea groups is 1. The molecule has 2 saturated heterocycles. The molecular weight excluding hydrogens is 348 g/mol. The minimum Gasteiger partial charge on any atom is -0.372 e. The summed E-state index contributed by atoms with van der Waals surface area (Å²) in [6.07, 6.45) is 3.78. The van der Waals surface area contributed by atoms with E-state index in [1.807, 2.05) is 19.1 Å². The minimum atomic E-state index is -0.948. The van der Waals surface area contributed by atoms with Crippen molar-refractivity contribution >= 4 is 35.1 Å². The minimum absolute atomic E-state index is 0.190. The topological polar surface area (TPSA) is 90.0 Å². The molecule has 1 aromatic carbocycles. The van der Waals surface area contributed by atoms with Crippen LogP contribution in [0.15, 0.2) is 24.3 Å². The largest absolute Gasteiger partial charge is 0.372 e. The summed E-state index contributed by atoms with van der Waals surface area (Å²) in [5, 5.41) is 2.67. The first kappa shape index (κ1) is 18.9. The molecule has 144 valence electrons. The van der Waals surface area contributed by atoms with Gasteiger partial charge in [0.15, 0.2) is 0 Å². The fourth-order valence-corrected chi connectivity index (χ4v) is 3.28. The zero-order valence-electron chi connectivity index (χ0n) is 15.4. The second-order valence-electron chi connectivity index (χ2n) is 6.77. The highest BCUT2D eigenvalue weighted by atomic mass is 16.2. The molecule has 1 aromatic rings. The third kappa shape index (κ3) is 4.10. The molecule has 0 atom stereocenters. The fourth-order valence-electron chi connectivity index (χ4n) is 3.28. The number of hydrogen-bond donors (Lipinski definition) is 1. The van der Waals surface area contributed by atoms with Crippen LogP contribution in [0.4, 0.5) is 16.2 Å². The van der Waals surface area contributed by atoms with Crippen molar-refractivity contribution in [2.45, 2.75) is 32.6 Å². The summed E-state index contributed by atoms with van der Waals surface area (Å²) in [7, 11) is 0. The van der Waals surface area contributed by atoms with Gasteiger partial charge in [-0.05, 0) is 43.5 Å². The van der Waals surface area contributed by atoms with Gasteiger partial charge in [0.25, 0.3) is 0 Å². The van der Waals surface area contributed by atoms with Crippen molar-refractivity contribution in [3.05, 3.63) is 24.3 Å². The summed E-state index contributed by atoms with van der Waals surface area (Å²) in [6.45, 7) is 3.71. The van der Waals surface area contributed by atoms with Gasteiger partial charge in [-0.1, -0.05) is 13.3 Å². The molecule has 0 saturated carbocycles. The summed E-state index contributed by atoms with van der Waals surface area (Å²) in [5.41, 5.74) is 1.68. The van der Waals surface area contributed by atoms with Crippen LogP contribution in [0, 0.1) is 0 Å². The predicted octanol–water partition coefficient (Wildman–Crippen LogP) is 1.82. The lowest BCUT2D eigenvalue weighted by atomic mass is 10.2. The second-order valence-corrected chi connectivity index (χ2v) is 6.77. The maximum atomic E-state index is 12.2. The molecule has 2 aliphatic heterocycles. The molecule has 0 radical (unpaired) electrons. The van der Waals surface area contributed by atoms with Gasteiger partial charge in [-0.3, -0.25) is 19.3 Å². The molecule has 0 aliphatic carbocycles. The number of nitrogens with zero attached hydrogens (tertiary/aromatic N) is 3. The van der Waals surface area contributed by atoms with Crippen molar-refractivity contribution in [2.75, 3.05) is 36.4 Å². The normalized spacial score (nSPS) is 17.2. The van der Waals surface area contributed by atoms with Gasteiger partial charge in [0, 0.05) is 31.0 Å². The summed E-state index contributed by atoms with van der Waals surface area (Å²) in [4.78, 5) is 52.3. The van der Waals surface area contributed by atoms with Gasteiger partial charge in [0.05, 0.1) is 0 Å². The molecule has 2 fully saturated rings. The molecule has 0 aromatic heterocycles. The summed E-state index contributed by atoms with van der Waals surface area (Å²) < 4.78 is 0. The summed E-state index contributed by atoms with van der Waals surface area (Å²) >= 11 is 0. The summed E-state index contributed by atoms with van der Waals surface area (Å²) in [5.74, 6) is -2.33. The first-order chi connectivity index (χ1) is 13.0. The standard InChI is InChI=1S/C19H24N4O4/c1-2-3-12-22-17(25)18(26)23(19(22)27)13-16(24)20-14-6-8-15(9-7-14)21-10-4-5-11-21/h6-9H,2-5,10-13H2,1H3,(H,20,24). The van der Waals surface area contributed by atoms with Crippen molar-refractivity contribution in [1.29, 1.82) is 0 Å². The van der Waals surface area contributed by atoms with Crippen LogP contribution in [0.2, 0.25) is 0 Å². The fraction of sp³-hybridized carbons (Fsp3) is 0.474. The quantitative estimate of drug-likeness (QED) is 0.582. The molecule has 0 spiro atoms. The van der Waals surface area contributed by atoms with E-state index in [2.05, 4.69) is 10.2 Å². The number of imide groups is 2. The van der Waals surface area contributed by atoms with Gasteiger partial charge >= 0.3 is 17.8 Å². The molecule has 0 unspecified atom stereocenters. The first-order valence-corrected chi connectivity index (χ1v) is 9.33. The van der Waals surface area contributed by atoms with E-state index >= 15 is 0 Å². The van der Waals surface area contributed by atoms with Crippen molar-refractivity contribution in [3.8, 4) is 0 Å². The number of unbranched alkanes of at least 4 members (excludes halogenated alkanes) is 1. The highest BCUT2D eigenvalue weighted by Crippen LogP contribution is 2.22. The van der Waals surface area contributed by atoms with E-state index in [1.165, 1.54) is 12.8 Å². The zero-order chi connectivity index (χ0) is 19.4. The lowest BCUT2D eigenvalue weighted by Crippen LogP contribution is -2.39. The molecular formula is C19H24N4O4. The maximum Gasteiger partial charge on any atom is 0.334 e. The number of carbonyl (C=O) groups is 4. The molecule has 8 nitrogen and oxygen atoms in total. The first-order valence-electron chi connectivity index (χ1n) is 9.33. The van der Waals surface area contributed by atoms with Crippen molar-refractivity contribution in [3.63, 3.8) is 0 Å². The Hall–Kier alpha value is -2.90.